The Morgan fingerprint density at radius 2 is 1.75 bits per heavy atom. The van der Waals surface area contributed by atoms with Crippen LogP contribution in [0.25, 0.3) is 16.5 Å². The Morgan fingerprint density at radius 1 is 0.969 bits per heavy atom. The third-order valence-corrected chi connectivity index (χ3v) is 13.8. The maximum absolute atomic E-state index is 13.3. The molecule has 4 amide bonds. The van der Waals surface area contributed by atoms with E-state index in [2.05, 4.69) is 36.8 Å². The van der Waals surface area contributed by atoms with Crippen molar-refractivity contribution >= 4 is 80.8 Å². The van der Waals surface area contributed by atoms with Crippen molar-refractivity contribution < 1.29 is 28.7 Å². The Kier molecular flexibility index (Phi) is 12.4. The summed E-state index contributed by atoms with van der Waals surface area (Å²) < 4.78 is 13.9. The van der Waals surface area contributed by atoms with Crippen molar-refractivity contribution in [1.82, 2.24) is 35.0 Å². The number of rotatable bonds is 12. The molecule has 64 heavy (non-hydrogen) atoms. The number of benzene rings is 2. The van der Waals surface area contributed by atoms with Crippen LogP contribution in [0.2, 0.25) is 10.0 Å². The Hall–Kier alpha value is -5.55. The van der Waals surface area contributed by atoms with Crippen LogP contribution in [0.15, 0.2) is 53.5 Å². The molecule has 18 heteroatoms. The van der Waals surface area contributed by atoms with E-state index in [1.165, 1.54) is 11.9 Å². The molecule has 3 fully saturated rings. The predicted octanol–water partition coefficient (Wildman–Crippen LogP) is 5.61. The van der Waals surface area contributed by atoms with E-state index in [0.717, 1.165) is 85.9 Å². The summed E-state index contributed by atoms with van der Waals surface area (Å²) in [5.74, 6) is -0.173. The first-order valence-corrected chi connectivity index (χ1v) is 22.7. The number of likely N-dealkylation sites (N-methyl/N-ethyl adjacent to an activating group) is 1. The fourth-order valence-corrected chi connectivity index (χ4v) is 9.97. The first kappa shape index (κ1) is 43.7. The number of hydrogen-bond acceptors (Lipinski definition) is 12. The minimum Gasteiger partial charge on any atom is -0.478 e. The van der Waals surface area contributed by atoms with Crippen molar-refractivity contribution in [2.45, 2.75) is 95.7 Å². The van der Waals surface area contributed by atoms with Crippen LogP contribution in [0.3, 0.4) is 0 Å². The lowest BCUT2D eigenvalue weighted by Gasteiger charge is -2.45. The molecule has 3 N–H and O–H groups in total. The highest BCUT2D eigenvalue weighted by molar-refractivity contribution is 6.34. The first-order chi connectivity index (χ1) is 30.8. The van der Waals surface area contributed by atoms with E-state index in [1.807, 2.05) is 44.2 Å². The van der Waals surface area contributed by atoms with Gasteiger partial charge in [0.1, 0.15) is 11.1 Å². The summed E-state index contributed by atoms with van der Waals surface area (Å²) in [5.41, 5.74) is 4.49. The van der Waals surface area contributed by atoms with E-state index >= 15 is 0 Å². The van der Waals surface area contributed by atoms with Crippen molar-refractivity contribution in [2.75, 3.05) is 50.1 Å². The van der Waals surface area contributed by atoms with Crippen LogP contribution in [0.5, 0.6) is 5.75 Å². The average Bonchev–Trinajstić information content (AvgIpc) is 3.61. The second kappa shape index (κ2) is 18.1. The van der Waals surface area contributed by atoms with Crippen LogP contribution in [-0.4, -0.2) is 112 Å². The number of piperidine rings is 2. The highest BCUT2D eigenvalue weighted by atomic mass is 35.5. The molecule has 16 nitrogen and oxygen atoms in total. The van der Waals surface area contributed by atoms with Crippen LogP contribution < -0.4 is 31.1 Å². The summed E-state index contributed by atoms with van der Waals surface area (Å²) in [6.07, 6.45) is 9.29. The number of halogens is 2. The molecule has 9 rings (SSSR count). The molecule has 2 aromatic heterocycles. The van der Waals surface area contributed by atoms with Gasteiger partial charge in [-0.2, -0.15) is 4.98 Å². The Morgan fingerprint density at radius 3 is 2.47 bits per heavy atom. The molecule has 2 saturated heterocycles. The standard InChI is InChI=1S/C46H51Cl2N9O7/c1-25(2)57-36-7-4-28(18-27(36)19-38(45(57)62)63-24-40(59)49-3)51-42-35(47)22-50-46(53-42)55-16-12-30(13-17-55)64-31-20-29(21-31)54-14-10-26(11-15-54)32-5-6-33-34(41(32)48)23-56(44(33)61)37-8-9-39(58)52-43(37)60/h4-7,10,18-19,22,25,29-31,37H,8-9,11-17,20-21,23-24H2,1-3H3,(H,49,59)(H,50,51,53)(H,52,58,60). The van der Waals surface area contributed by atoms with Crippen molar-refractivity contribution in [3.05, 3.63) is 85.8 Å². The molecule has 0 radical (unpaired) electrons. The van der Waals surface area contributed by atoms with Crippen LogP contribution >= 0.6 is 23.2 Å². The fourth-order valence-electron chi connectivity index (χ4n) is 9.49. The summed E-state index contributed by atoms with van der Waals surface area (Å²) in [6.45, 7) is 7.05. The van der Waals surface area contributed by atoms with Gasteiger partial charge >= 0.3 is 0 Å². The lowest BCUT2D eigenvalue weighted by Crippen LogP contribution is -2.52. The van der Waals surface area contributed by atoms with Gasteiger partial charge in [0.25, 0.3) is 17.4 Å². The molecular formula is C46H51Cl2N9O7. The zero-order chi connectivity index (χ0) is 44.8. The Labute approximate surface area is 380 Å². The molecule has 1 atom stereocenters. The van der Waals surface area contributed by atoms with Crippen molar-refractivity contribution in [3.8, 4) is 5.75 Å². The molecule has 1 unspecified atom stereocenters. The highest BCUT2D eigenvalue weighted by Gasteiger charge is 2.41. The van der Waals surface area contributed by atoms with Gasteiger partial charge < -0.3 is 34.5 Å². The quantitative estimate of drug-likeness (QED) is 0.150. The number of carbonyl (C=O) groups is 4. The predicted molar refractivity (Wildman–Crippen MR) is 243 cm³/mol. The Balaban J connectivity index is 0.760. The second-order valence-corrected chi connectivity index (χ2v) is 18.2. The third-order valence-electron chi connectivity index (χ3n) is 13.1. The zero-order valence-electron chi connectivity index (χ0n) is 36.0. The lowest BCUT2D eigenvalue weighted by molar-refractivity contribution is -0.137. The van der Waals surface area contributed by atoms with Gasteiger partial charge in [-0.15, -0.1) is 0 Å². The van der Waals surface area contributed by atoms with E-state index in [1.54, 1.807) is 16.8 Å². The number of anilines is 3. The number of hydrogen-bond donors (Lipinski definition) is 3. The number of imide groups is 1. The highest BCUT2D eigenvalue weighted by Crippen LogP contribution is 2.40. The normalized spacial score (nSPS) is 21.8. The van der Waals surface area contributed by atoms with Gasteiger partial charge in [-0.25, -0.2) is 4.98 Å². The molecule has 2 aromatic carbocycles. The topological polar surface area (TPSA) is 180 Å². The summed E-state index contributed by atoms with van der Waals surface area (Å²) in [4.78, 5) is 78.1. The molecule has 6 heterocycles. The van der Waals surface area contributed by atoms with E-state index in [4.69, 9.17) is 37.7 Å². The van der Waals surface area contributed by atoms with Gasteiger partial charge in [0.05, 0.1) is 28.9 Å². The largest absolute Gasteiger partial charge is 0.478 e. The minimum absolute atomic E-state index is 0.0899. The Bertz CT molecular complexity index is 2620. The third kappa shape index (κ3) is 8.67. The van der Waals surface area contributed by atoms with Gasteiger partial charge in [0, 0.05) is 80.5 Å². The molecule has 336 valence electrons. The van der Waals surface area contributed by atoms with Gasteiger partial charge in [-0.1, -0.05) is 35.3 Å². The van der Waals surface area contributed by atoms with Crippen molar-refractivity contribution in [1.29, 1.82) is 0 Å². The van der Waals surface area contributed by atoms with Gasteiger partial charge in [0.15, 0.2) is 18.2 Å². The number of pyridine rings is 1. The summed E-state index contributed by atoms with van der Waals surface area (Å²) >= 11 is 13.6. The number of nitrogens with zero attached hydrogens (tertiary/aromatic N) is 6. The van der Waals surface area contributed by atoms with E-state index in [0.29, 0.717) is 45.5 Å². The fraction of sp³-hybridized carbons (Fsp3) is 0.457. The van der Waals surface area contributed by atoms with E-state index in [9.17, 15) is 24.0 Å². The maximum Gasteiger partial charge on any atom is 0.293 e. The lowest BCUT2D eigenvalue weighted by atomic mass is 9.85. The number of amides is 4. The van der Waals surface area contributed by atoms with Crippen LogP contribution in [0.4, 0.5) is 17.5 Å². The molecule has 4 aliphatic heterocycles. The molecule has 1 aliphatic carbocycles. The van der Waals surface area contributed by atoms with Gasteiger partial charge in [0.2, 0.25) is 17.8 Å². The van der Waals surface area contributed by atoms with Crippen LogP contribution in [0.1, 0.15) is 86.3 Å². The summed E-state index contributed by atoms with van der Waals surface area (Å²) in [5, 5.41) is 9.87. The number of ether oxygens (including phenoxy) is 2. The number of aromatic nitrogens is 3. The molecule has 1 saturated carbocycles. The smallest absolute Gasteiger partial charge is 0.293 e. The number of fused-ring (bicyclic) bond motifs is 2. The SMILES string of the molecule is CNC(=O)COc1cc2cc(Nc3nc(N4CCC(OC5CC(N6CC=C(c7ccc8c(c7Cl)CN(C7CCC(=O)NC7=O)C8=O)CC6)C5)CC4)ncc3Cl)ccc2n(C(C)C)c1=O. The summed E-state index contributed by atoms with van der Waals surface area (Å²) in [6, 6.07) is 10.7. The van der Waals surface area contributed by atoms with Crippen molar-refractivity contribution in [2.24, 2.45) is 0 Å². The molecule has 0 bridgehead atoms. The monoisotopic (exact) mass is 911 g/mol. The molecule has 0 spiro atoms. The van der Waals surface area contributed by atoms with E-state index in [-0.39, 0.29) is 66.9 Å². The molecular weight excluding hydrogens is 861 g/mol. The van der Waals surface area contributed by atoms with Crippen molar-refractivity contribution in [3.63, 3.8) is 0 Å². The average molecular weight is 913 g/mol. The second-order valence-electron chi connectivity index (χ2n) is 17.4. The molecule has 4 aromatic rings. The number of carbonyl (C=O) groups excluding carboxylic acids is 4. The number of nitrogens with one attached hydrogen (secondary N) is 3. The zero-order valence-corrected chi connectivity index (χ0v) is 37.5. The van der Waals surface area contributed by atoms with Gasteiger partial charge in [-0.05, 0) is 93.8 Å². The minimum atomic E-state index is -0.676. The molecule has 5 aliphatic rings. The first-order valence-electron chi connectivity index (χ1n) is 22.0. The van der Waals surface area contributed by atoms with Crippen LogP contribution in [0, 0.1) is 0 Å². The maximum atomic E-state index is 13.3. The van der Waals surface area contributed by atoms with E-state index < -0.39 is 11.9 Å². The van der Waals surface area contributed by atoms with Crippen LogP contribution in [-0.2, 0) is 25.7 Å². The summed E-state index contributed by atoms with van der Waals surface area (Å²) in [7, 11) is 1.51. The van der Waals surface area contributed by atoms with Gasteiger partial charge in [-0.3, -0.25) is 34.2 Å².